The lowest BCUT2D eigenvalue weighted by Gasteiger charge is -2.11. The number of hydrogen-bond donors (Lipinski definition) is 2. The predicted molar refractivity (Wildman–Crippen MR) is 104 cm³/mol. The lowest BCUT2D eigenvalue weighted by Crippen LogP contribution is -2.20. The Hall–Kier alpha value is -1.15. The molecule has 0 fully saturated rings. The van der Waals surface area contributed by atoms with E-state index in [1.807, 2.05) is 25.1 Å². The van der Waals surface area contributed by atoms with Crippen LogP contribution in [0, 0.1) is 0 Å². The van der Waals surface area contributed by atoms with E-state index >= 15 is 0 Å². The summed E-state index contributed by atoms with van der Waals surface area (Å²) in [5, 5.41) is 7.60. The highest BCUT2D eigenvalue weighted by Crippen LogP contribution is 2.30. The van der Waals surface area contributed by atoms with Crippen LogP contribution in [0.1, 0.15) is 22.2 Å². The van der Waals surface area contributed by atoms with Gasteiger partial charge in [0.2, 0.25) is 0 Å². The number of nitrogens with one attached hydrogen (secondary N) is 2. The molecule has 1 heterocycles. The molecule has 0 atom stereocenters. The van der Waals surface area contributed by atoms with Gasteiger partial charge in [-0.05, 0) is 42.9 Å². The third kappa shape index (κ3) is 4.67. The molecule has 0 saturated carbocycles. The first kappa shape index (κ1) is 18.2. The molecular formula is C15H14BrClN2O2S2. The van der Waals surface area contributed by atoms with Crippen LogP contribution in [-0.4, -0.2) is 18.2 Å². The molecule has 0 radical (unpaired) electrons. The van der Waals surface area contributed by atoms with Crippen molar-refractivity contribution >= 4 is 72.9 Å². The lowest BCUT2D eigenvalue weighted by atomic mass is 10.2. The zero-order chi connectivity index (χ0) is 17.0. The van der Waals surface area contributed by atoms with Crippen LogP contribution >= 0.6 is 51.1 Å². The number of rotatable bonds is 4. The second kappa shape index (κ2) is 8.10. The van der Waals surface area contributed by atoms with Crippen molar-refractivity contribution in [1.29, 1.82) is 0 Å². The van der Waals surface area contributed by atoms with E-state index in [1.54, 1.807) is 6.07 Å². The van der Waals surface area contributed by atoms with E-state index in [1.165, 1.54) is 18.4 Å². The number of halogens is 2. The molecule has 8 heteroatoms. The molecule has 2 N–H and O–H groups in total. The Labute approximate surface area is 157 Å². The van der Waals surface area contributed by atoms with Crippen LogP contribution in [0.3, 0.4) is 0 Å². The Balaban J connectivity index is 2.16. The van der Waals surface area contributed by atoms with Gasteiger partial charge >= 0.3 is 5.97 Å². The van der Waals surface area contributed by atoms with Crippen molar-refractivity contribution < 1.29 is 9.53 Å². The molecule has 2 rings (SSSR count). The minimum absolute atomic E-state index is 0.351. The summed E-state index contributed by atoms with van der Waals surface area (Å²) in [6.45, 7) is 2.02. The van der Waals surface area contributed by atoms with Crippen molar-refractivity contribution in [2.45, 2.75) is 13.3 Å². The van der Waals surface area contributed by atoms with E-state index < -0.39 is 5.97 Å². The Morgan fingerprint density at radius 2 is 2.13 bits per heavy atom. The van der Waals surface area contributed by atoms with Crippen LogP contribution in [0.5, 0.6) is 0 Å². The minimum atomic E-state index is -0.395. The molecule has 0 aliphatic heterocycles. The monoisotopic (exact) mass is 432 g/mol. The smallest absolute Gasteiger partial charge is 0.340 e. The molecule has 0 amide bonds. The number of thiophene rings is 1. The number of benzene rings is 1. The highest BCUT2D eigenvalue weighted by Gasteiger charge is 2.17. The molecule has 0 aliphatic rings. The largest absolute Gasteiger partial charge is 0.465 e. The quantitative estimate of drug-likeness (QED) is 0.505. The highest BCUT2D eigenvalue weighted by atomic mass is 79.9. The first-order valence-electron chi connectivity index (χ1n) is 6.68. The Morgan fingerprint density at radius 3 is 2.74 bits per heavy atom. The van der Waals surface area contributed by atoms with Gasteiger partial charge in [-0.1, -0.05) is 34.5 Å². The van der Waals surface area contributed by atoms with Gasteiger partial charge in [-0.15, -0.1) is 11.3 Å². The van der Waals surface area contributed by atoms with Crippen LogP contribution < -0.4 is 10.6 Å². The highest BCUT2D eigenvalue weighted by molar-refractivity contribution is 9.10. The predicted octanol–water partition coefficient (Wildman–Crippen LogP) is 5.32. The molecule has 0 aliphatic carbocycles. The van der Waals surface area contributed by atoms with Gasteiger partial charge in [0.25, 0.3) is 0 Å². The SMILES string of the molecule is CCc1cc(C(=O)OC)c(NC(=S)Nc2ccc(Br)cc2Cl)s1. The molecule has 4 nitrogen and oxygen atoms in total. The van der Waals surface area contributed by atoms with Gasteiger partial charge in [-0.3, -0.25) is 0 Å². The Kier molecular flexibility index (Phi) is 6.41. The average Bonchev–Trinajstić information content (AvgIpc) is 2.92. The number of esters is 1. The van der Waals surface area contributed by atoms with E-state index in [-0.39, 0.29) is 0 Å². The van der Waals surface area contributed by atoms with E-state index in [4.69, 9.17) is 28.6 Å². The zero-order valence-corrected chi connectivity index (χ0v) is 16.4. The normalized spacial score (nSPS) is 10.3. The van der Waals surface area contributed by atoms with Gasteiger partial charge in [-0.2, -0.15) is 0 Å². The van der Waals surface area contributed by atoms with Crippen molar-refractivity contribution in [3.63, 3.8) is 0 Å². The maximum atomic E-state index is 11.8. The maximum absolute atomic E-state index is 11.8. The molecule has 0 saturated heterocycles. The van der Waals surface area contributed by atoms with Crippen LogP contribution in [0.15, 0.2) is 28.7 Å². The summed E-state index contributed by atoms with van der Waals surface area (Å²) in [7, 11) is 1.35. The van der Waals surface area contributed by atoms with Gasteiger partial charge in [0.1, 0.15) is 5.00 Å². The molecule has 0 spiro atoms. The van der Waals surface area contributed by atoms with Crippen LogP contribution in [0.2, 0.25) is 5.02 Å². The molecule has 0 bridgehead atoms. The van der Waals surface area contributed by atoms with Gasteiger partial charge < -0.3 is 15.4 Å². The van der Waals surface area contributed by atoms with Crippen LogP contribution in [-0.2, 0) is 11.2 Å². The molecule has 122 valence electrons. The number of ether oxygens (including phenoxy) is 1. The van der Waals surface area contributed by atoms with Crippen LogP contribution in [0.4, 0.5) is 10.7 Å². The lowest BCUT2D eigenvalue weighted by molar-refractivity contribution is 0.0602. The van der Waals surface area contributed by atoms with Gasteiger partial charge in [0.05, 0.1) is 23.4 Å². The zero-order valence-electron chi connectivity index (χ0n) is 12.4. The second-order valence-electron chi connectivity index (χ2n) is 4.50. The van der Waals surface area contributed by atoms with Crippen molar-refractivity contribution in [1.82, 2.24) is 0 Å². The Bertz CT molecular complexity index is 749. The first-order valence-corrected chi connectivity index (χ1v) is 9.08. The molecule has 0 unspecified atom stereocenters. The number of carbonyl (C=O) groups excluding carboxylic acids is 1. The van der Waals surface area contributed by atoms with Crippen molar-refractivity contribution in [3.05, 3.63) is 44.2 Å². The topological polar surface area (TPSA) is 50.4 Å². The van der Waals surface area contributed by atoms with E-state index in [0.29, 0.717) is 26.4 Å². The summed E-state index contributed by atoms with van der Waals surface area (Å²) in [5.74, 6) is -0.395. The average molecular weight is 434 g/mol. The maximum Gasteiger partial charge on any atom is 0.340 e. The van der Waals surface area contributed by atoms with E-state index in [9.17, 15) is 4.79 Å². The van der Waals surface area contributed by atoms with Gasteiger partial charge in [-0.25, -0.2) is 4.79 Å². The van der Waals surface area contributed by atoms with Crippen molar-refractivity contribution in [3.8, 4) is 0 Å². The van der Waals surface area contributed by atoms with E-state index in [2.05, 4.69) is 26.6 Å². The molecule has 1 aromatic carbocycles. The summed E-state index contributed by atoms with van der Waals surface area (Å²) in [4.78, 5) is 12.9. The first-order chi connectivity index (χ1) is 10.9. The third-order valence-electron chi connectivity index (χ3n) is 2.94. The second-order valence-corrected chi connectivity index (χ2v) is 7.37. The van der Waals surface area contributed by atoms with Gasteiger partial charge in [0.15, 0.2) is 5.11 Å². The molecule has 23 heavy (non-hydrogen) atoms. The fourth-order valence-electron chi connectivity index (χ4n) is 1.82. The number of anilines is 2. The number of thiocarbonyl (C=S) groups is 1. The van der Waals surface area contributed by atoms with Crippen molar-refractivity contribution in [2.75, 3.05) is 17.7 Å². The summed E-state index contributed by atoms with van der Waals surface area (Å²) < 4.78 is 5.68. The van der Waals surface area contributed by atoms with Crippen LogP contribution in [0.25, 0.3) is 0 Å². The Morgan fingerprint density at radius 1 is 1.39 bits per heavy atom. The molecular weight excluding hydrogens is 420 g/mol. The summed E-state index contributed by atoms with van der Waals surface area (Å²) in [6, 6.07) is 7.26. The number of aryl methyl sites for hydroxylation is 1. The standard InChI is InChI=1S/C15H14BrClN2O2S2/c1-3-9-7-10(14(20)21-2)13(23-9)19-15(22)18-12-5-4-8(16)6-11(12)17/h4-7H,3H2,1-2H3,(H2,18,19,22). The summed E-state index contributed by atoms with van der Waals surface area (Å²) in [6.07, 6.45) is 0.828. The fraction of sp³-hybridized carbons (Fsp3) is 0.200. The minimum Gasteiger partial charge on any atom is -0.465 e. The van der Waals surface area contributed by atoms with Gasteiger partial charge in [0, 0.05) is 9.35 Å². The number of carbonyl (C=O) groups is 1. The van der Waals surface area contributed by atoms with E-state index in [0.717, 1.165) is 15.8 Å². The third-order valence-corrected chi connectivity index (χ3v) is 5.15. The number of hydrogen-bond acceptors (Lipinski definition) is 4. The summed E-state index contributed by atoms with van der Waals surface area (Å²) >= 11 is 16.3. The molecule has 1 aromatic heterocycles. The molecule has 2 aromatic rings. The summed E-state index contributed by atoms with van der Waals surface area (Å²) in [5.41, 5.74) is 1.15. The van der Waals surface area contributed by atoms with Crippen molar-refractivity contribution in [2.24, 2.45) is 0 Å². The number of methoxy groups -OCH3 is 1. The fourth-order valence-corrected chi connectivity index (χ4v) is 3.80.